The van der Waals surface area contributed by atoms with Gasteiger partial charge in [-0.3, -0.25) is 9.97 Å². The van der Waals surface area contributed by atoms with Crippen molar-refractivity contribution >= 4 is 37.7 Å². The fraction of sp³-hybridized carbons (Fsp3) is 0.538. The van der Waals surface area contributed by atoms with E-state index in [0.29, 0.717) is 28.8 Å². The number of hydrogen-bond acceptors (Lipinski definition) is 5. The van der Waals surface area contributed by atoms with E-state index in [0.717, 1.165) is 66.8 Å². The molecule has 2 fully saturated rings. The Balaban J connectivity index is 0.000000189. The third-order valence-electron chi connectivity index (χ3n) is 9.65. The molecule has 5 nitrogen and oxygen atoms in total. The van der Waals surface area contributed by atoms with Gasteiger partial charge in [-0.05, 0) is 116 Å². The Morgan fingerprint density at radius 3 is 1.74 bits per heavy atom. The molecule has 2 aliphatic carbocycles. The van der Waals surface area contributed by atoms with Gasteiger partial charge < -0.3 is 15.2 Å². The maximum atomic E-state index is 14.0. The average molecular weight is 713 g/mol. The summed E-state index contributed by atoms with van der Waals surface area (Å²) in [6, 6.07) is 15.0. The second kappa shape index (κ2) is 18.9. The first kappa shape index (κ1) is 37.3. The van der Waals surface area contributed by atoms with Crippen molar-refractivity contribution < 1.29 is 18.3 Å². The van der Waals surface area contributed by atoms with Crippen molar-refractivity contribution in [2.24, 2.45) is 23.5 Å². The number of nitrogens with zero attached hydrogens (tertiary/aromatic N) is 2. The summed E-state index contributed by atoms with van der Waals surface area (Å²) in [5, 5.41) is 2.86. The molecule has 2 aromatic heterocycles. The molecular formula is C39H52BrF2N3O2. The molecule has 6 rings (SSSR count). The maximum Gasteiger partial charge on any atom is 0.149 e. The number of hydrogen-bond donors (Lipinski definition) is 1. The van der Waals surface area contributed by atoms with E-state index in [2.05, 4.69) is 44.5 Å². The van der Waals surface area contributed by atoms with Crippen molar-refractivity contribution in [2.75, 3.05) is 32.8 Å². The number of aromatic nitrogens is 2. The number of alkyl halides is 1. The number of fused-ring (bicyclic) bond motifs is 2. The normalized spacial score (nSPS) is 24.3. The molecule has 0 bridgehead atoms. The monoisotopic (exact) mass is 711 g/mol. The van der Waals surface area contributed by atoms with Crippen LogP contribution in [0.4, 0.5) is 8.78 Å². The Morgan fingerprint density at radius 1 is 0.723 bits per heavy atom. The van der Waals surface area contributed by atoms with E-state index < -0.39 is 0 Å². The van der Waals surface area contributed by atoms with Crippen LogP contribution < -0.4 is 5.73 Å². The van der Waals surface area contributed by atoms with Crippen LogP contribution in [0.15, 0.2) is 60.9 Å². The first-order valence-electron chi connectivity index (χ1n) is 17.1. The molecule has 8 heteroatoms. The topological polar surface area (TPSA) is 70.3 Å². The van der Waals surface area contributed by atoms with Crippen LogP contribution in [0, 0.1) is 29.4 Å². The van der Waals surface area contributed by atoms with Gasteiger partial charge >= 0.3 is 0 Å². The number of benzene rings is 2. The van der Waals surface area contributed by atoms with Gasteiger partial charge in [-0.25, -0.2) is 8.78 Å². The molecule has 0 spiro atoms. The predicted molar refractivity (Wildman–Crippen MR) is 193 cm³/mol. The van der Waals surface area contributed by atoms with Gasteiger partial charge in [0.2, 0.25) is 0 Å². The van der Waals surface area contributed by atoms with E-state index in [4.69, 9.17) is 10.5 Å². The quantitative estimate of drug-likeness (QED) is 0.146. The highest BCUT2D eigenvalue weighted by atomic mass is 79.9. The molecule has 2 N–H and O–H groups in total. The molecule has 47 heavy (non-hydrogen) atoms. The summed E-state index contributed by atoms with van der Waals surface area (Å²) >= 11 is 3.18. The maximum absolute atomic E-state index is 14.0. The van der Waals surface area contributed by atoms with Crippen molar-refractivity contribution in [1.29, 1.82) is 0 Å². The number of halogens is 3. The molecule has 6 atom stereocenters. The minimum Gasteiger partial charge on any atom is -0.385 e. The smallest absolute Gasteiger partial charge is 0.149 e. The zero-order valence-electron chi connectivity index (χ0n) is 28.4. The average Bonchev–Trinajstić information content (AvgIpc) is 3.06. The molecule has 0 aliphatic heterocycles. The van der Waals surface area contributed by atoms with Gasteiger partial charge in [0.15, 0.2) is 0 Å². The van der Waals surface area contributed by atoms with Crippen LogP contribution in [-0.2, 0) is 9.47 Å². The number of nitrogens with two attached hydrogens (primary N) is 1. The van der Waals surface area contributed by atoms with Gasteiger partial charge in [0, 0.05) is 55.4 Å². The Kier molecular flexibility index (Phi) is 15.0. The SMILES string of the molecule is COCCBr.COCCC[C@@H]1C[C@H](C)C[C@H](c2ccc(F)c3ncccc23)C1.C[C@H]1C[C@@H](N)C[C@@H](c2ccc(F)c3ncccc23)C1. The second-order valence-electron chi connectivity index (χ2n) is 13.5. The molecule has 0 amide bonds. The van der Waals surface area contributed by atoms with Gasteiger partial charge in [0.25, 0.3) is 0 Å². The van der Waals surface area contributed by atoms with Crippen LogP contribution in [0.2, 0.25) is 0 Å². The summed E-state index contributed by atoms with van der Waals surface area (Å²) in [7, 11) is 3.45. The van der Waals surface area contributed by atoms with E-state index in [-0.39, 0.29) is 17.7 Å². The summed E-state index contributed by atoms with van der Waals surface area (Å²) in [6.07, 6.45) is 12.6. The number of methoxy groups -OCH3 is 2. The Labute approximate surface area is 288 Å². The second-order valence-corrected chi connectivity index (χ2v) is 14.3. The predicted octanol–water partition coefficient (Wildman–Crippen LogP) is 9.95. The Hall–Kier alpha value is -2.52. The number of rotatable bonds is 8. The van der Waals surface area contributed by atoms with E-state index in [1.54, 1.807) is 32.7 Å². The van der Waals surface area contributed by atoms with Gasteiger partial charge in [-0.2, -0.15) is 0 Å². The van der Waals surface area contributed by atoms with Crippen LogP contribution in [0.5, 0.6) is 0 Å². The van der Waals surface area contributed by atoms with Gasteiger partial charge in [-0.1, -0.05) is 54.0 Å². The van der Waals surface area contributed by atoms with E-state index >= 15 is 0 Å². The molecule has 2 saturated carbocycles. The third-order valence-corrected chi connectivity index (χ3v) is 9.97. The third kappa shape index (κ3) is 10.5. The summed E-state index contributed by atoms with van der Waals surface area (Å²) < 4.78 is 37.7. The fourth-order valence-corrected chi connectivity index (χ4v) is 8.10. The van der Waals surface area contributed by atoms with Crippen molar-refractivity contribution in [3.8, 4) is 0 Å². The minimum atomic E-state index is -0.243. The summed E-state index contributed by atoms with van der Waals surface area (Å²) in [6.45, 7) is 6.24. The molecule has 4 aromatic rings. The molecule has 2 aliphatic rings. The standard InChI is InChI=1S/C20H26FNO.C16H19FN2.C3H7BrO/c1-14-11-15(5-4-10-23-2)13-16(12-14)17-7-8-19(21)20-18(17)6-3-9-22-20;1-10-7-11(9-12(18)8-10)13-4-5-15(17)16-14(13)3-2-6-19-16;1-5-3-2-4/h3,6-9,14-16H,4-5,10-13H2,1-2H3;2-6,10-12H,7-9,18H2,1H3;2-3H2,1H3/t14-,15+,16-;10-,11+,12-;/m01./s1. The van der Waals surface area contributed by atoms with Crippen LogP contribution in [-0.4, -0.2) is 48.8 Å². The first-order chi connectivity index (χ1) is 22.7. The summed E-state index contributed by atoms with van der Waals surface area (Å²) in [5.41, 5.74) is 9.60. The van der Waals surface area contributed by atoms with Crippen molar-refractivity contribution in [1.82, 2.24) is 9.97 Å². The van der Waals surface area contributed by atoms with Gasteiger partial charge in [0.1, 0.15) is 22.7 Å². The molecule has 2 aromatic carbocycles. The molecule has 0 unspecified atom stereocenters. The Morgan fingerprint density at radius 2 is 1.26 bits per heavy atom. The largest absolute Gasteiger partial charge is 0.385 e. The van der Waals surface area contributed by atoms with Crippen molar-refractivity contribution in [2.45, 2.75) is 83.1 Å². The van der Waals surface area contributed by atoms with Gasteiger partial charge in [0.05, 0.1) is 6.61 Å². The molecular weight excluding hydrogens is 660 g/mol. The number of pyridine rings is 2. The van der Waals surface area contributed by atoms with Gasteiger partial charge in [-0.15, -0.1) is 0 Å². The van der Waals surface area contributed by atoms with Crippen LogP contribution in [0.25, 0.3) is 21.8 Å². The fourth-order valence-electron chi connectivity index (χ4n) is 7.77. The lowest BCUT2D eigenvalue weighted by molar-refractivity contribution is 0.172. The highest BCUT2D eigenvalue weighted by Crippen LogP contribution is 2.43. The zero-order valence-corrected chi connectivity index (χ0v) is 30.0. The number of ether oxygens (including phenoxy) is 2. The minimum absolute atomic E-state index is 0.218. The van der Waals surface area contributed by atoms with Crippen LogP contribution in [0.3, 0.4) is 0 Å². The van der Waals surface area contributed by atoms with E-state index in [1.807, 2.05) is 36.4 Å². The lowest BCUT2D eigenvalue weighted by Gasteiger charge is -2.34. The molecule has 0 radical (unpaired) electrons. The molecule has 2 heterocycles. The van der Waals surface area contributed by atoms with Crippen molar-refractivity contribution in [3.05, 3.63) is 83.7 Å². The van der Waals surface area contributed by atoms with Crippen LogP contribution >= 0.6 is 15.9 Å². The van der Waals surface area contributed by atoms with E-state index in [1.165, 1.54) is 42.9 Å². The first-order valence-corrected chi connectivity index (χ1v) is 18.2. The lowest BCUT2D eigenvalue weighted by Crippen LogP contribution is -2.31. The Bertz CT molecular complexity index is 1530. The highest BCUT2D eigenvalue weighted by molar-refractivity contribution is 9.09. The van der Waals surface area contributed by atoms with Crippen LogP contribution in [0.1, 0.15) is 88.2 Å². The molecule has 0 saturated heterocycles. The lowest BCUT2D eigenvalue weighted by atomic mass is 9.71. The highest BCUT2D eigenvalue weighted by Gasteiger charge is 2.29. The van der Waals surface area contributed by atoms with E-state index in [9.17, 15) is 8.78 Å². The van der Waals surface area contributed by atoms with Crippen molar-refractivity contribution in [3.63, 3.8) is 0 Å². The summed E-state index contributed by atoms with van der Waals surface area (Å²) in [4.78, 5) is 8.41. The zero-order chi connectivity index (χ0) is 33.8. The summed E-state index contributed by atoms with van der Waals surface area (Å²) in [5.74, 6) is 2.57. The molecule has 256 valence electrons.